The highest BCUT2D eigenvalue weighted by atomic mass is 16.2. The quantitative estimate of drug-likeness (QED) is 0.845. The van der Waals surface area contributed by atoms with Gasteiger partial charge in [0.15, 0.2) is 0 Å². The molecule has 1 aliphatic rings. The molecular formula is C18H28N2O. The highest BCUT2D eigenvalue weighted by Crippen LogP contribution is 2.31. The van der Waals surface area contributed by atoms with E-state index in [1.165, 1.54) is 11.1 Å². The fourth-order valence-corrected chi connectivity index (χ4v) is 3.34. The second-order valence-corrected chi connectivity index (χ2v) is 6.46. The van der Waals surface area contributed by atoms with Crippen molar-refractivity contribution in [3.63, 3.8) is 0 Å². The second kappa shape index (κ2) is 7.08. The van der Waals surface area contributed by atoms with Crippen LogP contribution in [-0.4, -0.2) is 25.0 Å². The molecule has 1 heterocycles. The van der Waals surface area contributed by atoms with E-state index in [0.29, 0.717) is 0 Å². The molecule has 1 aliphatic heterocycles. The Hall–Kier alpha value is -1.35. The molecule has 1 saturated heterocycles. The van der Waals surface area contributed by atoms with Crippen molar-refractivity contribution in [1.82, 2.24) is 10.6 Å². The SMILES string of the molecule is CCCC1(C(=O)NC(C)Cc2ccccc2C)CCNC1. The molecular weight excluding hydrogens is 260 g/mol. The lowest BCUT2D eigenvalue weighted by molar-refractivity contribution is -0.131. The molecule has 116 valence electrons. The van der Waals surface area contributed by atoms with Gasteiger partial charge in [-0.25, -0.2) is 0 Å². The van der Waals surface area contributed by atoms with Gasteiger partial charge in [-0.2, -0.15) is 0 Å². The summed E-state index contributed by atoms with van der Waals surface area (Å²) < 4.78 is 0. The van der Waals surface area contributed by atoms with Crippen LogP contribution in [0, 0.1) is 12.3 Å². The van der Waals surface area contributed by atoms with E-state index in [9.17, 15) is 4.79 Å². The molecule has 2 rings (SSSR count). The molecule has 0 bridgehead atoms. The van der Waals surface area contributed by atoms with Crippen molar-refractivity contribution in [2.75, 3.05) is 13.1 Å². The lowest BCUT2D eigenvalue weighted by atomic mass is 9.81. The molecule has 0 saturated carbocycles. The predicted molar refractivity (Wildman–Crippen MR) is 87.3 cm³/mol. The van der Waals surface area contributed by atoms with E-state index in [4.69, 9.17) is 0 Å². The minimum atomic E-state index is -0.186. The van der Waals surface area contributed by atoms with E-state index < -0.39 is 0 Å². The molecule has 3 nitrogen and oxygen atoms in total. The Kier molecular flexibility index (Phi) is 5.40. The van der Waals surface area contributed by atoms with Gasteiger partial charge in [-0.1, -0.05) is 37.6 Å². The number of rotatable bonds is 6. The third kappa shape index (κ3) is 3.85. The Balaban J connectivity index is 1.97. The van der Waals surface area contributed by atoms with Crippen molar-refractivity contribution in [3.8, 4) is 0 Å². The molecule has 2 atom stereocenters. The van der Waals surface area contributed by atoms with Crippen LogP contribution in [0.25, 0.3) is 0 Å². The van der Waals surface area contributed by atoms with Crippen LogP contribution in [0.2, 0.25) is 0 Å². The summed E-state index contributed by atoms with van der Waals surface area (Å²) in [7, 11) is 0. The number of aryl methyl sites for hydroxylation is 1. The number of nitrogens with one attached hydrogen (secondary N) is 2. The third-order valence-electron chi connectivity index (χ3n) is 4.62. The molecule has 0 spiro atoms. The number of carbonyl (C=O) groups is 1. The van der Waals surface area contributed by atoms with Crippen molar-refractivity contribution >= 4 is 5.91 Å². The van der Waals surface area contributed by atoms with Gasteiger partial charge in [0, 0.05) is 12.6 Å². The Labute approximate surface area is 128 Å². The van der Waals surface area contributed by atoms with Crippen LogP contribution < -0.4 is 10.6 Å². The fourth-order valence-electron chi connectivity index (χ4n) is 3.34. The van der Waals surface area contributed by atoms with Gasteiger partial charge in [-0.3, -0.25) is 4.79 Å². The Morgan fingerprint density at radius 1 is 1.43 bits per heavy atom. The Bertz CT molecular complexity index is 478. The van der Waals surface area contributed by atoms with Crippen LogP contribution in [-0.2, 0) is 11.2 Å². The largest absolute Gasteiger partial charge is 0.353 e. The first-order chi connectivity index (χ1) is 10.1. The second-order valence-electron chi connectivity index (χ2n) is 6.46. The van der Waals surface area contributed by atoms with Gasteiger partial charge in [-0.05, 0) is 50.8 Å². The van der Waals surface area contributed by atoms with Crippen molar-refractivity contribution in [2.45, 2.75) is 52.5 Å². The van der Waals surface area contributed by atoms with Gasteiger partial charge in [0.1, 0.15) is 0 Å². The zero-order valence-corrected chi connectivity index (χ0v) is 13.5. The monoisotopic (exact) mass is 288 g/mol. The minimum Gasteiger partial charge on any atom is -0.353 e. The molecule has 0 aliphatic carbocycles. The molecule has 2 N–H and O–H groups in total. The fraction of sp³-hybridized carbons (Fsp3) is 0.611. The number of benzene rings is 1. The van der Waals surface area contributed by atoms with E-state index in [0.717, 1.165) is 38.8 Å². The van der Waals surface area contributed by atoms with Gasteiger partial charge in [-0.15, -0.1) is 0 Å². The van der Waals surface area contributed by atoms with E-state index in [1.807, 2.05) is 0 Å². The number of carbonyl (C=O) groups excluding carboxylic acids is 1. The summed E-state index contributed by atoms with van der Waals surface area (Å²) in [5.74, 6) is 0.232. The lowest BCUT2D eigenvalue weighted by Gasteiger charge is -2.28. The van der Waals surface area contributed by atoms with Crippen molar-refractivity contribution < 1.29 is 4.79 Å². The normalized spacial score (nSPS) is 23.0. The molecule has 1 aromatic rings. The Morgan fingerprint density at radius 2 is 2.19 bits per heavy atom. The maximum atomic E-state index is 12.7. The van der Waals surface area contributed by atoms with Gasteiger partial charge in [0.05, 0.1) is 5.41 Å². The summed E-state index contributed by atoms with van der Waals surface area (Å²) in [4.78, 5) is 12.7. The van der Waals surface area contributed by atoms with Crippen molar-refractivity contribution in [2.24, 2.45) is 5.41 Å². The van der Waals surface area contributed by atoms with E-state index in [1.54, 1.807) is 0 Å². The highest BCUT2D eigenvalue weighted by molar-refractivity contribution is 5.83. The zero-order valence-electron chi connectivity index (χ0n) is 13.5. The zero-order chi connectivity index (χ0) is 15.3. The van der Waals surface area contributed by atoms with E-state index >= 15 is 0 Å². The van der Waals surface area contributed by atoms with Crippen molar-refractivity contribution in [3.05, 3.63) is 35.4 Å². The third-order valence-corrected chi connectivity index (χ3v) is 4.62. The molecule has 0 radical (unpaired) electrons. The summed E-state index contributed by atoms with van der Waals surface area (Å²) >= 11 is 0. The lowest BCUT2D eigenvalue weighted by Crippen LogP contribution is -2.46. The van der Waals surface area contributed by atoms with E-state index in [2.05, 4.69) is 55.7 Å². The average Bonchev–Trinajstić information content (AvgIpc) is 2.92. The van der Waals surface area contributed by atoms with Crippen LogP contribution in [0.1, 0.15) is 44.2 Å². The average molecular weight is 288 g/mol. The minimum absolute atomic E-state index is 0.174. The van der Waals surface area contributed by atoms with Crippen LogP contribution in [0.3, 0.4) is 0 Å². The summed E-state index contributed by atoms with van der Waals surface area (Å²) in [6.07, 6.45) is 3.89. The first kappa shape index (κ1) is 16.0. The molecule has 1 amide bonds. The van der Waals surface area contributed by atoms with Crippen molar-refractivity contribution in [1.29, 1.82) is 0 Å². The van der Waals surface area contributed by atoms with Crippen LogP contribution >= 0.6 is 0 Å². The summed E-state index contributed by atoms with van der Waals surface area (Å²) in [6, 6.07) is 8.58. The molecule has 3 heteroatoms. The first-order valence-electron chi connectivity index (χ1n) is 8.13. The first-order valence-corrected chi connectivity index (χ1v) is 8.13. The molecule has 21 heavy (non-hydrogen) atoms. The van der Waals surface area contributed by atoms with Gasteiger partial charge in [0.25, 0.3) is 0 Å². The molecule has 1 aromatic carbocycles. The predicted octanol–water partition coefficient (Wildman–Crippen LogP) is 2.82. The standard InChI is InChI=1S/C18H28N2O/c1-4-9-18(10-11-19-13-18)17(21)20-15(3)12-16-8-6-5-7-14(16)2/h5-8,15,19H,4,9-13H2,1-3H3,(H,20,21). The van der Waals surface area contributed by atoms with Crippen LogP contribution in [0.15, 0.2) is 24.3 Å². The molecule has 2 unspecified atom stereocenters. The summed E-state index contributed by atoms with van der Waals surface area (Å²) in [6.45, 7) is 8.17. The van der Waals surface area contributed by atoms with Crippen LogP contribution in [0.4, 0.5) is 0 Å². The van der Waals surface area contributed by atoms with Gasteiger partial charge in [0.2, 0.25) is 5.91 Å². The summed E-state index contributed by atoms with van der Waals surface area (Å²) in [5.41, 5.74) is 2.43. The number of hydrogen-bond donors (Lipinski definition) is 2. The van der Waals surface area contributed by atoms with Gasteiger partial charge >= 0.3 is 0 Å². The number of hydrogen-bond acceptors (Lipinski definition) is 2. The maximum Gasteiger partial charge on any atom is 0.227 e. The number of amides is 1. The topological polar surface area (TPSA) is 41.1 Å². The maximum absolute atomic E-state index is 12.7. The molecule has 0 aromatic heterocycles. The summed E-state index contributed by atoms with van der Waals surface area (Å²) in [5, 5.41) is 6.59. The Morgan fingerprint density at radius 3 is 2.81 bits per heavy atom. The van der Waals surface area contributed by atoms with Gasteiger partial charge < -0.3 is 10.6 Å². The van der Waals surface area contributed by atoms with Crippen LogP contribution in [0.5, 0.6) is 0 Å². The highest BCUT2D eigenvalue weighted by Gasteiger charge is 2.40. The molecule has 1 fully saturated rings. The smallest absolute Gasteiger partial charge is 0.227 e. The van der Waals surface area contributed by atoms with E-state index in [-0.39, 0.29) is 17.4 Å².